The van der Waals surface area contributed by atoms with Gasteiger partial charge in [0.15, 0.2) is 0 Å². The van der Waals surface area contributed by atoms with Gasteiger partial charge in [0.25, 0.3) is 17.2 Å². The van der Waals surface area contributed by atoms with Crippen LogP contribution >= 0.6 is 0 Å². The summed E-state index contributed by atoms with van der Waals surface area (Å²) < 4.78 is 30.0. The van der Waals surface area contributed by atoms with Gasteiger partial charge in [-0.15, -0.1) is 0 Å². The van der Waals surface area contributed by atoms with Gasteiger partial charge in [0.05, 0.1) is 5.69 Å². The van der Waals surface area contributed by atoms with E-state index in [2.05, 4.69) is 0 Å². The summed E-state index contributed by atoms with van der Waals surface area (Å²) in [7, 11) is 1.88. The van der Waals surface area contributed by atoms with Crippen LogP contribution < -0.4 is 4.31 Å². The van der Waals surface area contributed by atoms with Crippen LogP contribution in [0, 0.1) is 0 Å². The molecule has 0 radical (unpaired) electrons. The van der Waals surface area contributed by atoms with Gasteiger partial charge >= 0.3 is 6.09 Å². The fourth-order valence-corrected chi connectivity index (χ4v) is 6.30. The van der Waals surface area contributed by atoms with Gasteiger partial charge in [0.1, 0.15) is 5.60 Å². The first-order valence-electron chi connectivity index (χ1n) is 13.2. The predicted octanol–water partition coefficient (Wildman–Crippen LogP) is 5.59. The summed E-state index contributed by atoms with van der Waals surface area (Å²) in [6.45, 7) is 6.38. The van der Waals surface area contributed by atoms with E-state index in [4.69, 9.17) is 4.74 Å². The number of ether oxygens (including phenoxy) is 1. The Bertz CT molecular complexity index is 1150. The molecular weight excluding hydrogens is 490 g/mol. The lowest BCUT2D eigenvalue weighted by molar-refractivity contribution is 0.0207. The molecule has 8 nitrogen and oxygen atoms in total. The van der Waals surface area contributed by atoms with E-state index in [9.17, 15) is 18.4 Å². The second kappa shape index (κ2) is 11.4. The Morgan fingerprint density at radius 2 is 1.57 bits per heavy atom. The smallest absolute Gasteiger partial charge is 0.410 e. The number of rotatable bonds is 5. The second-order valence-corrected chi connectivity index (χ2v) is 12.0. The van der Waals surface area contributed by atoms with Crippen molar-refractivity contribution in [2.45, 2.75) is 83.4 Å². The van der Waals surface area contributed by atoms with Crippen LogP contribution in [0.3, 0.4) is 0 Å². The number of hydrogen-bond donors (Lipinski definition) is 1. The summed E-state index contributed by atoms with van der Waals surface area (Å²) in [5.41, 5.74) is 0.648. The minimum Gasteiger partial charge on any atom is -0.444 e. The quantitative estimate of drug-likeness (QED) is 0.510. The number of carbonyl (C=O) groups excluding carboxylic acids is 2. The number of fused-ring (bicyclic) bond motifs is 1. The Morgan fingerprint density at radius 1 is 0.946 bits per heavy atom. The monoisotopic (exact) mass is 529 g/mol. The molecule has 1 atom stereocenters. The first kappa shape index (κ1) is 27.4. The number of benzene rings is 2. The third kappa shape index (κ3) is 6.26. The molecule has 202 valence electrons. The van der Waals surface area contributed by atoms with Crippen LogP contribution in [0.5, 0.6) is 0 Å². The van der Waals surface area contributed by atoms with Crippen molar-refractivity contribution in [1.29, 1.82) is 0 Å². The van der Waals surface area contributed by atoms with Crippen molar-refractivity contribution in [3.05, 3.63) is 42.0 Å². The topological polar surface area (TPSA) is 90.4 Å². The maximum absolute atomic E-state index is 13.5. The lowest BCUT2D eigenvalue weighted by atomic mass is 9.93. The number of amides is 2. The number of carbonyl (C=O) groups is 2. The fraction of sp³-hybridized carbons (Fsp3) is 0.571. The molecular formula is C28H39N3O5S. The van der Waals surface area contributed by atoms with Crippen LogP contribution in [0.25, 0.3) is 10.8 Å². The highest BCUT2D eigenvalue weighted by atomic mass is 32.2. The predicted molar refractivity (Wildman–Crippen MR) is 147 cm³/mol. The second-order valence-electron chi connectivity index (χ2n) is 11.1. The van der Waals surface area contributed by atoms with Gasteiger partial charge in [-0.3, -0.25) is 13.7 Å². The Hall–Kier alpha value is -2.65. The van der Waals surface area contributed by atoms with Crippen molar-refractivity contribution in [2.75, 3.05) is 24.4 Å². The summed E-state index contributed by atoms with van der Waals surface area (Å²) in [5.74, 6) is -0.0167. The molecule has 0 aromatic heterocycles. The molecule has 1 N–H and O–H groups in total. The third-order valence-corrected chi connectivity index (χ3v) is 8.26. The molecule has 9 heteroatoms. The zero-order valence-corrected chi connectivity index (χ0v) is 23.1. The summed E-state index contributed by atoms with van der Waals surface area (Å²) in [6.07, 6.45) is 6.27. The lowest BCUT2D eigenvalue weighted by Gasteiger charge is -2.38. The van der Waals surface area contributed by atoms with E-state index in [1.807, 2.05) is 57.0 Å². The van der Waals surface area contributed by atoms with Crippen molar-refractivity contribution in [1.82, 2.24) is 9.80 Å². The maximum Gasteiger partial charge on any atom is 0.410 e. The van der Waals surface area contributed by atoms with Gasteiger partial charge in [0.2, 0.25) is 0 Å². The first-order valence-corrected chi connectivity index (χ1v) is 14.3. The van der Waals surface area contributed by atoms with Crippen molar-refractivity contribution in [3.8, 4) is 0 Å². The number of likely N-dealkylation sites (tertiary alicyclic amines) is 1. The van der Waals surface area contributed by atoms with Crippen molar-refractivity contribution >= 4 is 39.7 Å². The average molecular weight is 530 g/mol. The van der Waals surface area contributed by atoms with Gasteiger partial charge in [-0.2, -0.15) is 0 Å². The summed E-state index contributed by atoms with van der Waals surface area (Å²) in [6, 6.07) is 11.2. The van der Waals surface area contributed by atoms with Crippen molar-refractivity contribution in [2.24, 2.45) is 0 Å². The average Bonchev–Trinajstić information content (AvgIpc) is 2.88. The van der Waals surface area contributed by atoms with Crippen molar-refractivity contribution < 1.29 is 23.1 Å². The molecule has 2 amide bonds. The van der Waals surface area contributed by atoms with Crippen LogP contribution in [-0.4, -0.2) is 68.4 Å². The van der Waals surface area contributed by atoms with E-state index in [1.54, 1.807) is 17.0 Å². The molecule has 0 bridgehead atoms. The molecule has 37 heavy (non-hydrogen) atoms. The molecule has 2 aromatic rings. The maximum atomic E-state index is 13.5. The van der Waals surface area contributed by atoms with Gasteiger partial charge in [-0.05, 0) is 64.0 Å². The number of anilines is 1. The molecule has 2 aliphatic rings. The molecule has 1 aliphatic heterocycles. The molecule has 4 rings (SSSR count). The lowest BCUT2D eigenvalue weighted by Crippen LogP contribution is -2.48. The van der Waals surface area contributed by atoms with Gasteiger partial charge < -0.3 is 14.5 Å². The molecule has 1 unspecified atom stereocenters. The van der Waals surface area contributed by atoms with Crippen LogP contribution in [0.15, 0.2) is 36.4 Å². The van der Waals surface area contributed by atoms with E-state index in [1.165, 1.54) is 10.7 Å². The molecule has 0 spiro atoms. The molecule has 1 heterocycles. The van der Waals surface area contributed by atoms with E-state index < -0.39 is 16.9 Å². The van der Waals surface area contributed by atoms with Crippen LogP contribution in [-0.2, 0) is 16.0 Å². The minimum absolute atomic E-state index is 0.0167. The van der Waals surface area contributed by atoms with Gasteiger partial charge in [-0.1, -0.05) is 43.5 Å². The van der Waals surface area contributed by atoms with Gasteiger partial charge in [0, 0.05) is 43.2 Å². The van der Waals surface area contributed by atoms with Crippen LogP contribution in [0.4, 0.5) is 10.5 Å². The van der Waals surface area contributed by atoms with Gasteiger partial charge in [-0.25, -0.2) is 9.00 Å². The first-order chi connectivity index (χ1) is 17.6. The highest BCUT2D eigenvalue weighted by molar-refractivity contribution is 7.80. The Morgan fingerprint density at radius 3 is 2.16 bits per heavy atom. The SMILES string of the molecule is CN(C(=O)c1ccc(N(C2CCN(C(=O)OC(C)(C)C)CC2)S(=O)O)c2ccccc12)C1CCCCC1. The third-order valence-electron chi connectivity index (χ3n) is 7.43. The minimum atomic E-state index is -2.27. The Kier molecular flexibility index (Phi) is 8.43. The molecule has 2 aromatic carbocycles. The summed E-state index contributed by atoms with van der Waals surface area (Å²) in [5, 5.41) is 1.54. The van der Waals surface area contributed by atoms with E-state index >= 15 is 0 Å². The van der Waals surface area contributed by atoms with Crippen molar-refractivity contribution in [3.63, 3.8) is 0 Å². The summed E-state index contributed by atoms with van der Waals surface area (Å²) >= 11 is -2.27. The van der Waals surface area contributed by atoms with E-state index in [0.717, 1.165) is 36.5 Å². The highest BCUT2D eigenvalue weighted by Crippen LogP contribution is 2.35. The van der Waals surface area contributed by atoms with Crippen LogP contribution in [0.1, 0.15) is 76.1 Å². The summed E-state index contributed by atoms with van der Waals surface area (Å²) in [4.78, 5) is 29.5. The van der Waals surface area contributed by atoms with Crippen LogP contribution in [0.2, 0.25) is 0 Å². The molecule has 1 aliphatic carbocycles. The zero-order chi connectivity index (χ0) is 26.7. The number of piperidine rings is 1. The normalized spacial score (nSPS) is 18.5. The fourth-order valence-electron chi connectivity index (χ4n) is 5.50. The number of hydrogen-bond acceptors (Lipinski definition) is 4. The Balaban J connectivity index is 1.58. The molecule has 2 fully saturated rings. The Labute approximate surface area is 222 Å². The highest BCUT2D eigenvalue weighted by Gasteiger charge is 2.33. The number of nitrogens with zero attached hydrogens (tertiary/aromatic N) is 3. The van der Waals surface area contributed by atoms with E-state index in [-0.39, 0.29) is 24.1 Å². The zero-order valence-electron chi connectivity index (χ0n) is 22.3. The largest absolute Gasteiger partial charge is 0.444 e. The van der Waals surface area contributed by atoms with E-state index in [0.29, 0.717) is 37.2 Å². The molecule has 1 saturated heterocycles. The standard InChI is InChI=1S/C28H39N3O5S/c1-28(2,3)36-27(33)30-18-16-21(17-19-30)31(37(34)35)25-15-14-24(22-12-8-9-13-23(22)25)26(32)29(4)20-10-6-5-7-11-20/h8-9,12-15,20-21H,5-7,10-11,16-19H2,1-4H3,(H,34,35). The molecule has 1 saturated carbocycles.